The lowest BCUT2D eigenvalue weighted by molar-refractivity contribution is 0.379. The first-order chi connectivity index (χ1) is 12.4. The fourth-order valence-electron chi connectivity index (χ4n) is 2.16. The predicted octanol–water partition coefficient (Wildman–Crippen LogP) is 3.71. The zero-order chi connectivity index (χ0) is 19.0. The van der Waals surface area contributed by atoms with Crippen LogP contribution in [-0.4, -0.2) is 30.3 Å². The molecule has 0 aliphatic heterocycles. The van der Waals surface area contributed by atoms with E-state index in [4.69, 9.17) is 4.42 Å². The van der Waals surface area contributed by atoms with Gasteiger partial charge in [0, 0.05) is 30.5 Å². The molecule has 0 aliphatic rings. The molecule has 1 aromatic heterocycles. The van der Waals surface area contributed by atoms with Crippen LogP contribution in [0.5, 0.6) is 0 Å². The van der Waals surface area contributed by atoms with E-state index in [0.717, 1.165) is 23.6 Å². The summed E-state index contributed by atoms with van der Waals surface area (Å²) in [5.41, 5.74) is 0.680. The number of nitrogens with zero attached hydrogens (tertiary/aromatic N) is 2. The van der Waals surface area contributed by atoms with Crippen molar-refractivity contribution in [1.29, 1.82) is 0 Å². The topological polar surface area (TPSA) is 62.5 Å². The number of guanidine groups is 1. The van der Waals surface area contributed by atoms with Crippen LogP contribution in [0.1, 0.15) is 38.0 Å². The SMILES string of the molecule is CN=C(NCCSCc1ccccc1F)NCc1ncc(C(C)(C)C)o1. The van der Waals surface area contributed by atoms with E-state index in [-0.39, 0.29) is 11.2 Å². The summed E-state index contributed by atoms with van der Waals surface area (Å²) in [5, 5.41) is 6.41. The van der Waals surface area contributed by atoms with Gasteiger partial charge >= 0.3 is 0 Å². The number of aromatic nitrogens is 1. The van der Waals surface area contributed by atoms with Gasteiger partial charge in [0.15, 0.2) is 5.96 Å². The Bertz CT molecular complexity index is 724. The fourth-order valence-corrected chi connectivity index (χ4v) is 3.00. The van der Waals surface area contributed by atoms with Crippen LogP contribution in [0.25, 0.3) is 0 Å². The highest BCUT2D eigenvalue weighted by atomic mass is 32.2. The highest BCUT2D eigenvalue weighted by molar-refractivity contribution is 7.98. The molecule has 2 N–H and O–H groups in total. The summed E-state index contributed by atoms with van der Waals surface area (Å²) in [6.07, 6.45) is 1.77. The Kier molecular flexibility index (Phi) is 7.50. The molecule has 26 heavy (non-hydrogen) atoms. The van der Waals surface area contributed by atoms with E-state index in [1.807, 2.05) is 12.1 Å². The number of hydrogen-bond acceptors (Lipinski definition) is 4. The van der Waals surface area contributed by atoms with E-state index >= 15 is 0 Å². The lowest BCUT2D eigenvalue weighted by Gasteiger charge is -2.13. The summed E-state index contributed by atoms with van der Waals surface area (Å²) in [7, 11) is 1.72. The molecule has 0 atom stereocenters. The van der Waals surface area contributed by atoms with Crippen molar-refractivity contribution >= 4 is 17.7 Å². The number of aliphatic imine (C=N–C) groups is 1. The zero-order valence-electron chi connectivity index (χ0n) is 15.8. The third kappa shape index (κ3) is 6.37. The Morgan fingerprint density at radius 2 is 2.04 bits per heavy atom. The highest BCUT2D eigenvalue weighted by Crippen LogP contribution is 2.22. The maximum atomic E-state index is 13.5. The Balaban J connectivity index is 1.68. The van der Waals surface area contributed by atoms with E-state index in [2.05, 4.69) is 41.4 Å². The number of nitrogens with one attached hydrogen (secondary N) is 2. The van der Waals surface area contributed by atoms with Crippen molar-refractivity contribution in [3.05, 3.63) is 53.5 Å². The molecule has 0 fully saturated rings. The standard InChI is InChI=1S/C19H27FN4OS/c1-19(2,3)16-11-23-17(25-16)12-24-18(21-4)22-9-10-26-13-14-7-5-6-8-15(14)20/h5-8,11H,9-10,12-13H2,1-4H3,(H2,21,22,24). The molecule has 0 saturated heterocycles. The number of oxazole rings is 1. The van der Waals surface area contributed by atoms with Gasteiger partial charge in [-0.25, -0.2) is 9.37 Å². The van der Waals surface area contributed by atoms with Gasteiger partial charge in [-0.05, 0) is 11.6 Å². The van der Waals surface area contributed by atoms with Gasteiger partial charge in [0.25, 0.3) is 0 Å². The molecule has 1 heterocycles. The molecule has 5 nitrogen and oxygen atoms in total. The molecule has 0 aliphatic carbocycles. The van der Waals surface area contributed by atoms with Crippen LogP contribution in [0.15, 0.2) is 39.9 Å². The van der Waals surface area contributed by atoms with E-state index in [1.165, 1.54) is 6.07 Å². The molecule has 0 radical (unpaired) electrons. The summed E-state index contributed by atoms with van der Waals surface area (Å²) in [6, 6.07) is 6.88. The number of benzene rings is 1. The first-order valence-electron chi connectivity index (χ1n) is 8.61. The second-order valence-corrected chi connectivity index (χ2v) is 7.97. The molecule has 142 valence electrons. The van der Waals surface area contributed by atoms with E-state index in [0.29, 0.717) is 24.1 Å². The van der Waals surface area contributed by atoms with Crippen molar-refractivity contribution in [3.63, 3.8) is 0 Å². The van der Waals surface area contributed by atoms with Crippen LogP contribution in [0.2, 0.25) is 0 Å². The first kappa shape index (κ1) is 20.3. The fraction of sp³-hybridized carbons (Fsp3) is 0.474. The number of halogens is 1. The van der Waals surface area contributed by atoms with Crippen LogP contribution < -0.4 is 10.6 Å². The minimum absolute atomic E-state index is 0.0549. The Labute approximate surface area is 158 Å². The molecule has 0 bridgehead atoms. The maximum absolute atomic E-state index is 13.5. The van der Waals surface area contributed by atoms with Gasteiger partial charge in [-0.15, -0.1) is 0 Å². The predicted molar refractivity (Wildman–Crippen MR) is 106 cm³/mol. The first-order valence-corrected chi connectivity index (χ1v) is 9.76. The number of hydrogen-bond donors (Lipinski definition) is 2. The number of rotatable bonds is 7. The molecular weight excluding hydrogens is 351 g/mol. The van der Waals surface area contributed by atoms with Crippen LogP contribution in [0, 0.1) is 5.82 Å². The van der Waals surface area contributed by atoms with Crippen LogP contribution >= 0.6 is 11.8 Å². The summed E-state index contributed by atoms with van der Waals surface area (Å²) in [6.45, 7) is 7.47. The lowest BCUT2D eigenvalue weighted by atomic mass is 9.94. The van der Waals surface area contributed by atoms with E-state index < -0.39 is 0 Å². The number of thioether (sulfide) groups is 1. The molecule has 0 saturated carbocycles. The molecular formula is C19H27FN4OS. The van der Waals surface area contributed by atoms with Gasteiger partial charge in [0.1, 0.15) is 11.6 Å². The van der Waals surface area contributed by atoms with E-state index in [1.54, 1.807) is 31.1 Å². The normalized spacial score (nSPS) is 12.3. The average molecular weight is 379 g/mol. The molecule has 2 rings (SSSR count). The van der Waals surface area contributed by atoms with Crippen LogP contribution in [0.4, 0.5) is 4.39 Å². The molecule has 0 unspecified atom stereocenters. The van der Waals surface area contributed by atoms with Gasteiger partial charge in [-0.3, -0.25) is 4.99 Å². The minimum atomic E-state index is -0.147. The van der Waals surface area contributed by atoms with Gasteiger partial charge in [0.2, 0.25) is 5.89 Å². The van der Waals surface area contributed by atoms with Crippen molar-refractivity contribution in [2.45, 2.75) is 38.5 Å². The second-order valence-electron chi connectivity index (χ2n) is 6.86. The summed E-state index contributed by atoms with van der Waals surface area (Å²) in [5.74, 6) is 3.54. The largest absolute Gasteiger partial charge is 0.443 e. The highest BCUT2D eigenvalue weighted by Gasteiger charge is 2.19. The molecule has 7 heteroatoms. The summed E-state index contributed by atoms with van der Waals surface area (Å²) in [4.78, 5) is 8.47. The minimum Gasteiger partial charge on any atom is -0.443 e. The quantitative estimate of drug-likeness (QED) is 0.437. The van der Waals surface area contributed by atoms with Gasteiger partial charge in [0.05, 0.1) is 12.7 Å². The van der Waals surface area contributed by atoms with Crippen molar-refractivity contribution < 1.29 is 8.81 Å². The van der Waals surface area contributed by atoms with Crippen LogP contribution in [-0.2, 0) is 17.7 Å². The second kappa shape index (κ2) is 9.62. The lowest BCUT2D eigenvalue weighted by Crippen LogP contribution is -2.38. The molecule has 2 aromatic rings. The monoisotopic (exact) mass is 378 g/mol. The summed E-state index contributed by atoms with van der Waals surface area (Å²) >= 11 is 1.68. The van der Waals surface area contributed by atoms with Crippen molar-refractivity contribution in [3.8, 4) is 0 Å². The van der Waals surface area contributed by atoms with Crippen molar-refractivity contribution in [1.82, 2.24) is 15.6 Å². The third-order valence-electron chi connectivity index (χ3n) is 3.68. The maximum Gasteiger partial charge on any atom is 0.213 e. The Hall–Kier alpha value is -2.02. The zero-order valence-corrected chi connectivity index (χ0v) is 16.6. The van der Waals surface area contributed by atoms with Gasteiger partial charge in [-0.1, -0.05) is 39.0 Å². The van der Waals surface area contributed by atoms with Gasteiger partial charge < -0.3 is 15.1 Å². The Morgan fingerprint density at radius 3 is 2.69 bits per heavy atom. The Morgan fingerprint density at radius 1 is 1.27 bits per heavy atom. The molecule has 1 aromatic carbocycles. The summed E-state index contributed by atoms with van der Waals surface area (Å²) < 4.78 is 19.3. The van der Waals surface area contributed by atoms with Crippen molar-refractivity contribution in [2.75, 3.05) is 19.3 Å². The van der Waals surface area contributed by atoms with Crippen molar-refractivity contribution in [2.24, 2.45) is 4.99 Å². The smallest absolute Gasteiger partial charge is 0.213 e. The molecule has 0 amide bonds. The van der Waals surface area contributed by atoms with E-state index in [9.17, 15) is 4.39 Å². The van der Waals surface area contributed by atoms with Crippen LogP contribution in [0.3, 0.4) is 0 Å². The molecule has 0 spiro atoms. The average Bonchev–Trinajstić information content (AvgIpc) is 3.08. The van der Waals surface area contributed by atoms with Gasteiger partial charge in [-0.2, -0.15) is 11.8 Å². The third-order valence-corrected chi connectivity index (χ3v) is 4.69.